The van der Waals surface area contributed by atoms with E-state index in [-0.39, 0.29) is 12.2 Å². The summed E-state index contributed by atoms with van der Waals surface area (Å²) in [5, 5.41) is 3.08. The number of hydrogen-bond acceptors (Lipinski definition) is 5. The van der Waals surface area contributed by atoms with Gasteiger partial charge in [-0.25, -0.2) is 9.69 Å². The van der Waals surface area contributed by atoms with Gasteiger partial charge in [0, 0.05) is 8.95 Å². The van der Waals surface area contributed by atoms with E-state index in [1.807, 2.05) is 0 Å². The topological polar surface area (TPSA) is 84.9 Å². The summed E-state index contributed by atoms with van der Waals surface area (Å²) in [7, 11) is 1.47. The van der Waals surface area contributed by atoms with Crippen LogP contribution in [0.15, 0.2) is 61.5 Å². The Morgan fingerprint density at radius 1 is 0.974 bits per heavy atom. The fraction of sp³-hybridized carbons (Fsp3) is 0.115. The molecule has 0 atom stereocenters. The van der Waals surface area contributed by atoms with E-state index in [1.165, 1.54) is 13.2 Å². The molecule has 0 aromatic heterocycles. The van der Waals surface area contributed by atoms with E-state index < -0.39 is 17.8 Å². The van der Waals surface area contributed by atoms with Crippen molar-refractivity contribution in [2.45, 2.75) is 13.5 Å². The first-order chi connectivity index (χ1) is 18.0. The molecule has 196 valence electrons. The van der Waals surface area contributed by atoms with Crippen molar-refractivity contribution in [1.29, 1.82) is 0 Å². The highest BCUT2D eigenvalue weighted by atomic mass is 79.9. The minimum absolute atomic E-state index is 0.170. The second-order valence-corrected chi connectivity index (χ2v) is 11.4. The van der Waals surface area contributed by atoms with E-state index in [4.69, 9.17) is 32.7 Å². The molecule has 0 spiro atoms. The van der Waals surface area contributed by atoms with Crippen molar-refractivity contribution >= 4 is 101 Å². The van der Waals surface area contributed by atoms with Crippen molar-refractivity contribution in [3.63, 3.8) is 0 Å². The number of aryl methyl sites for hydroxylation is 1. The largest absolute Gasteiger partial charge is 0.493 e. The van der Waals surface area contributed by atoms with Gasteiger partial charge in [0.25, 0.3) is 11.8 Å². The van der Waals surface area contributed by atoms with Gasteiger partial charge in [-0.1, -0.05) is 45.2 Å². The molecule has 3 aromatic carbocycles. The van der Waals surface area contributed by atoms with Crippen molar-refractivity contribution in [3.8, 4) is 11.5 Å². The molecule has 1 fully saturated rings. The smallest absolute Gasteiger partial charge is 0.335 e. The number of halogens is 5. The van der Waals surface area contributed by atoms with Gasteiger partial charge in [0.1, 0.15) is 12.2 Å². The SMILES string of the molecule is COc1cc(/C=C2\C(=O)NC(=O)N(c3ccc(Br)cc3C)C2=O)c(Br)c(Br)c1OCc1ccc(Cl)c(Cl)c1. The number of barbiturate groups is 1. The van der Waals surface area contributed by atoms with Crippen LogP contribution in [0.2, 0.25) is 10.0 Å². The second-order valence-electron chi connectivity index (χ2n) is 8.05. The number of imide groups is 2. The molecule has 38 heavy (non-hydrogen) atoms. The van der Waals surface area contributed by atoms with Crippen molar-refractivity contribution in [2.24, 2.45) is 0 Å². The van der Waals surface area contributed by atoms with Crippen LogP contribution in [0.3, 0.4) is 0 Å². The first-order valence-corrected chi connectivity index (χ1v) is 14.0. The van der Waals surface area contributed by atoms with Gasteiger partial charge in [-0.15, -0.1) is 0 Å². The van der Waals surface area contributed by atoms with Crippen LogP contribution in [0, 0.1) is 6.92 Å². The third-order valence-corrected chi connectivity index (χ3v) is 8.92. The zero-order valence-electron chi connectivity index (χ0n) is 19.7. The summed E-state index contributed by atoms with van der Waals surface area (Å²) in [5.41, 5.74) is 2.03. The summed E-state index contributed by atoms with van der Waals surface area (Å²) in [5.74, 6) is -0.847. The molecular formula is C26H17Br3Cl2N2O5. The number of hydrogen-bond donors (Lipinski definition) is 1. The maximum absolute atomic E-state index is 13.4. The molecule has 1 aliphatic heterocycles. The number of rotatable bonds is 6. The van der Waals surface area contributed by atoms with Crippen LogP contribution in [-0.4, -0.2) is 25.0 Å². The van der Waals surface area contributed by atoms with Crippen LogP contribution in [0.1, 0.15) is 16.7 Å². The lowest BCUT2D eigenvalue weighted by molar-refractivity contribution is -0.122. The van der Waals surface area contributed by atoms with Gasteiger partial charge >= 0.3 is 6.03 Å². The standard InChI is InChI=1S/C26H17Br3Cl2N2O5/c1-12-7-15(27)4-6-19(12)33-25(35)16(24(34)32-26(33)36)9-14-10-20(37-2)23(22(29)21(14)28)38-11-13-3-5-17(30)18(31)8-13/h3-10H,11H2,1-2H3,(H,32,34,36)/b16-9+. The summed E-state index contributed by atoms with van der Waals surface area (Å²) in [4.78, 5) is 39.6. The van der Waals surface area contributed by atoms with E-state index in [0.29, 0.717) is 47.3 Å². The molecule has 4 rings (SSSR count). The van der Waals surface area contributed by atoms with Gasteiger partial charge in [0.2, 0.25) is 0 Å². The lowest BCUT2D eigenvalue weighted by Crippen LogP contribution is -2.54. The maximum atomic E-state index is 13.4. The van der Waals surface area contributed by atoms with E-state index in [0.717, 1.165) is 14.9 Å². The van der Waals surface area contributed by atoms with Crippen LogP contribution >= 0.6 is 71.0 Å². The molecule has 0 unspecified atom stereocenters. The lowest BCUT2D eigenvalue weighted by atomic mass is 10.1. The number of amides is 4. The lowest BCUT2D eigenvalue weighted by Gasteiger charge is -2.27. The molecule has 1 saturated heterocycles. The molecule has 1 N–H and O–H groups in total. The van der Waals surface area contributed by atoms with Crippen LogP contribution < -0.4 is 19.7 Å². The van der Waals surface area contributed by atoms with Gasteiger partial charge in [-0.05, 0) is 97.9 Å². The van der Waals surface area contributed by atoms with Crippen LogP contribution in [-0.2, 0) is 16.2 Å². The predicted molar refractivity (Wildman–Crippen MR) is 157 cm³/mol. The molecule has 7 nitrogen and oxygen atoms in total. The van der Waals surface area contributed by atoms with Gasteiger partial charge in [-0.3, -0.25) is 14.9 Å². The summed E-state index contributed by atoms with van der Waals surface area (Å²) < 4.78 is 13.3. The molecule has 12 heteroatoms. The van der Waals surface area contributed by atoms with Crippen molar-refractivity contribution < 1.29 is 23.9 Å². The molecule has 3 aromatic rings. The third-order valence-electron chi connectivity index (χ3n) is 5.54. The Labute approximate surface area is 253 Å². The molecular weight excluding hydrogens is 731 g/mol. The number of carbonyl (C=O) groups is 3. The molecule has 1 aliphatic rings. The summed E-state index contributed by atoms with van der Waals surface area (Å²) >= 11 is 22.5. The number of ether oxygens (including phenoxy) is 2. The number of nitrogens with one attached hydrogen (secondary N) is 1. The van der Waals surface area contributed by atoms with E-state index in [2.05, 4.69) is 53.1 Å². The molecule has 1 heterocycles. The Morgan fingerprint density at radius 2 is 1.71 bits per heavy atom. The normalized spacial score (nSPS) is 14.7. The molecule has 0 bridgehead atoms. The highest BCUT2D eigenvalue weighted by Crippen LogP contribution is 2.44. The van der Waals surface area contributed by atoms with Crippen LogP contribution in [0.5, 0.6) is 11.5 Å². The van der Waals surface area contributed by atoms with Crippen molar-refractivity contribution in [3.05, 3.63) is 88.2 Å². The molecule has 0 aliphatic carbocycles. The van der Waals surface area contributed by atoms with Crippen molar-refractivity contribution in [2.75, 3.05) is 12.0 Å². The number of benzene rings is 3. The Morgan fingerprint density at radius 3 is 2.37 bits per heavy atom. The van der Waals surface area contributed by atoms with Crippen molar-refractivity contribution in [1.82, 2.24) is 5.32 Å². The highest BCUT2D eigenvalue weighted by Gasteiger charge is 2.37. The first kappa shape index (κ1) is 28.6. The molecule has 0 saturated carbocycles. The van der Waals surface area contributed by atoms with E-state index in [1.54, 1.807) is 49.4 Å². The Bertz CT molecular complexity index is 1530. The number of carbonyl (C=O) groups excluding carboxylic acids is 3. The minimum atomic E-state index is -0.827. The highest BCUT2D eigenvalue weighted by molar-refractivity contribution is 9.13. The number of nitrogens with zero attached hydrogens (tertiary/aromatic N) is 1. The van der Waals surface area contributed by atoms with E-state index in [9.17, 15) is 14.4 Å². The minimum Gasteiger partial charge on any atom is -0.493 e. The Kier molecular flexibility index (Phi) is 8.89. The molecule has 0 radical (unpaired) electrons. The van der Waals surface area contributed by atoms with Gasteiger partial charge in [0.15, 0.2) is 11.5 Å². The van der Waals surface area contributed by atoms with Gasteiger partial charge in [-0.2, -0.15) is 0 Å². The number of methoxy groups -OCH3 is 1. The van der Waals surface area contributed by atoms with Crippen LogP contribution in [0.25, 0.3) is 6.08 Å². The maximum Gasteiger partial charge on any atom is 0.335 e. The van der Waals surface area contributed by atoms with Crippen LogP contribution in [0.4, 0.5) is 10.5 Å². The third kappa shape index (κ3) is 5.79. The Balaban J connectivity index is 1.70. The number of anilines is 1. The fourth-order valence-corrected chi connectivity index (χ4v) is 5.43. The van der Waals surface area contributed by atoms with E-state index >= 15 is 0 Å². The first-order valence-electron chi connectivity index (χ1n) is 10.8. The number of urea groups is 1. The zero-order chi connectivity index (χ0) is 27.7. The Hall–Kier alpha value is -2.37. The van der Waals surface area contributed by atoms with Gasteiger partial charge < -0.3 is 9.47 Å². The summed E-state index contributed by atoms with van der Waals surface area (Å²) in [6, 6.07) is 11.0. The summed E-state index contributed by atoms with van der Waals surface area (Å²) in [6.07, 6.45) is 1.38. The monoisotopic (exact) mass is 744 g/mol. The zero-order valence-corrected chi connectivity index (χ0v) is 26.0. The fourth-order valence-electron chi connectivity index (χ4n) is 3.68. The second kappa shape index (κ2) is 11.8. The molecule has 4 amide bonds. The average molecular weight is 748 g/mol. The average Bonchev–Trinajstić information content (AvgIpc) is 2.86. The summed E-state index contributed by atoms with van der Waals surface area (Å²) in [6.45, 7) is 1.93. The van der Waals surface area contributed by atoms with Gasteiger partial charge in [0.05, 0.1) is 27.3 Å². The predicted octanol–water partition coefficient (Wildman–Crippen LogP) is 7.84. The quantitative estimate of drug-likeness (QED) is 0.205.